The summed E-state index contributed by atoms with van der Waals surface area (Å²) in [5.41, 5.74) is 5.22. The fourth-order valence-electron chi connectivity index (χ4n) is 3.47. The lowest BCUT2D eigenvalue weighted by Crippen LogP contribution is -2.64. The van der Waals surface area contributed by atoms with Gasteiger partial charge in [0.25, 0.3) is 0 Å². The smallest absolute Gasteiger partial charge is 0.233 e. The van der Waals surface area contributed by atoms with E-state index in [4.69, 9.17) is 22.7 Å². The summed E-state index contributed by atoms with van der Waals surface area (Å²) >= 11 is 5.17. The highest BCUT2D eigenvalue weighted by Gasteiger charge is 2.52. The quantitative estimate of drug-likeness (QED) is 0.763. The van der Waals surface area contributed by atoms with Gasteiger partial charge in [-0.1, -0.05) is 38.9 Å². The van der Waals surface area contributed by atoms with Crippen LogP contribution in [0.2, 0.25) is 0 Å². The normalized spacial score (nSPS) is 30.6. The molecule has 2 unspecified atom stereocenters. The zero-order valence-corrected chi connectivity index (χ0v) is 13.5. The molecule has 0 aromatic rings. The third-order valence-electron chi connectivity index (χ3n) is 5.21. The topological polar surface area (TPSA) is 64.3 Å². The summed E-state index contributed by atoms with van der Waals surface area (Å²) in [5, 5.41) is 3.17. The van der Waals surface area contributed by atoms with E-state index in [1.54, 1.807) is 0 Å². The van der Waals surface area contributed by atoms with Crippen LogP contribution in [0.4, 0.5) is 0 Å². The van der Waals surface area contributed by atoms with Gasteiger partial charge in [-0.2, -0.15) is 0 Å². The van der Waals surface area contributed by atoms with Crippen molar-refractivity contribution in [2.24, 2.45) is 16.6 Å². The van der Waals surface area contributed by atoms with Gasteiger partial charge in [-0.3, -0.25) is 4.79 Å². The van der Waals surface area contributed by atoms with Crippen molar-refractivity contribution < 1.29 is 9.53 Å². The van der Waals surface area contributed by atoms with Crippen LogP contribution < -0.4 is 11.1 Å². The van der Waals surface area contributed by atoms with E-state index in [9.17, 15) is 4.79 Å². The summed E-state index contributed by atoms with van der Waals surface area (Å²) in [7, 11) is 0. The lowest BCUT2D eigenvalue weighted by molar-refractivity contribution is -0.141. The number of amides is 1. The minimum absolute atomic E-state index is 0.0236. The number of rotatable bonds is 5. The molecule has 2 rings (SSSR count). The number of ether oxygens (including phenoxy) is 1. The first kappa shape index (κ1) is 15.7. The van der Waals surface area contributed by atoms with Gasteiger partial charge in [-0.05, 0) is 26.2 Å². The maximum atomic E-state index is 12.6. The van der Waals surface area contributed by atoms with Crippen LogP contribution in [0.25, 0.3) is 0 Å². The van der Waals surface area contributed by atoms with Crippen molar-refractivity contribution in [3.63, 3.8) is 0 Å². The molecule has 2 aliphatic rings. The summed E-state index contributed by atoms with van der Waals surface area (Å²) in [6, 6.07) is 0.151. The molecule has 1 amide bonds. The summed E-state index contributed by atoms with van der Waals surface area (Å²) in [5.74, 6) is 0.0236. The molecule has 20 heavy (non-hydrogen) atoms. The minimum atomic E-state index is -0.609. The Balaban J connectivity index is 2.00. The van der Waals surface area contributed by atoms with E-state index in [1.807, 2.05) is 6.92 Å². The van der Waals surface area contributed by atoms with Crippen molar-refractivity contribution in [2.75, 3.05) is 6.61 Å². The second-order valence-electron chi connectivity index (χ2n) is 6.68. The van der Waals surface area contributed by atoms with Gasteiger partial charge in [0.05, 0.1) is 16.5 Å². The van der Waals surface area contributed by atoms with E-state index in [-0.39, 0.29) is 23.5 Å². The van der Waals surface area contributed by atoms with Crippen LogP contribution in [0.3, 0.4) is 0 Å². The van der Waals surface area contributed by atoms with Gasteiger partial charge in [0.2, 0.25) is 5.91 Å². The Labute approximate surface area is 126 Å². The van der Waals surface area contributed by atoms with E-state index >= 15 is 0 Å². The molecule has 0 saturated heterocycles. The Bertz CT molecular complexity index is 403. The van der Waals surface area contributed by atoms with E-state index in [0.717, 1.165) is 32.1 Å². The van der Waals surface area contributed by atoms with Gasteiger partial charge in [0.1, 0.15) is 0 Å². The molecule has 5 heteroatoms. The predicted octanol–water partition coefficient (Wildman–Crippen LogP) is 2.15. The van der Waals surface area contributed by atoms with Gasteiger partial charge >= 0.3 is 0 Å². The van der Waals surface area contributed by atoms with Gasteiger partial charge in [-0.15, -0.1) is 0 Å². The van der Waals surface area contributed by atoms with E-state index in [1.165, 1.54) is 0 Å². The van der Waals surface area contributed by atoms with Crippen LogP contribution in [0, 0.1) is 10.8 Å². The third-order valence-corrected chi connectivity index (χ3v) is 5.61. The lowest BCUT2D eigenvalue weighted by Gasteiger charge is -2.52. The Hall–Kier alpha value is -0.680. The van der Waals surface area contributed by atoms with Gasteiger partial charge < -0.3 is 15.8 Å². The largest absolute Gasteiger partial charge is 0.392 e. The highest BCUT2D eigenvalue weighted by molar-refractivity contribution is 7.80. The molecule has 0 aliphatic heterocycles. The van der Waals surface area contributed by atoms with Crippen LogP contribution in [-0.4, -0.2) is 29.6 Å². The monoisotopic (exact) mass is 298 g/mol. The Kier molecular flexibility index (Phi) is 4.40. The van der Waals surface area contributed by atoms with Gasteiger partial charge in [-0.25, -0.2) is 0 Å². The number of carbonyl (C=O) groups is 1. The molecule has 0 spiro atoms. The molecule has 2 fully saturated rings. The molecule has 3 N–H and O–H groups in total. The standard InChI is InChI=1S/C15H26N2O2S/c1-4-19-11-9-10(14(11,2)3)17-13(18)15(12(16)20)7-5-6-8-15/h10-11H,4-9H2,1-3H3,(H2,16,20)(H,17,18). The fraction of sp³-hybridized carbons (Fsp3) is 0.867. The molecule has 2 saturated carbocycles. The Morgan fingerprint density at radius 1 is 1.40 bits per heavy atom. The highest BCUT2D eigenvalue weighted by atomic mass is 32.1. The predicted molar refractivity (Wildman–Crippen MR) is 83.4 cm³/mol. The Morgan fingerprint density at radius 3 is 2.45 bits per heavy atom. The van der Waals surface area contributed by atoms with Crippen LogP contribution in [0.5, 0.6) is 0 Å². The molecule has 2 aliphatic carbocycles. The zero-order valence-electron chi connectivity index (χ0n) is 12.7. The summed E-state index contributed by atoms with van der Waals surface area (Å²) in [6.07, 6.45) is 4.73. The maximum Gasteiger partial charge on any atom is 0.233 e. The summed E-state index contributed by atoms with van der Waals surface area (Å²) < 4.78 is 5.70. The van der Waals surface area contributed by atoms with Gasteiger partial charge in [0.15, 0.2) is 0 Å². The molecule has 0 radical (unpaired) electrons. The summed E-state index contributed by atoms with van der Waals surface area (Å²) in [6.45, 7) is 7.00. The van der Waals surface area contributed by atoms with Crippen molar-refractivity contribution >= 4 is 23.1 Å². The van der Waals surface area contributed by atoms with Crippen molar-refractivity contribution in [1.29, 1.82) is 0 Å². The Morgan fingerprint density at radius 2 is 2.00 bits per heavy atom. The molecule has 0 bridgehead atoms. The zero-order chi connectivity index (χ0) is 15.0. The second-order valence-corrected chi connectivity index (χ2v) is 7.12. The molecule has 4 nitrogen and oxygen atoms in total. The number of nitrogens with one attached hydrogen (secondary N) is 1. The number of hydrogen-bond donors (Lipinski definition) is 2. The molecule has 0 aromatic carbocycles. The van der Waals surface area contributed by atoms with Gasteiger partial charge in [0, 0.05) is 18.1 Å². The maximum absolute atomic E-state index is 12.6. The summed E-state index contributed by atoms with van der Waals surface area (Å²) in [4.78, 5) is 13.0. The molecular formula is C15H26N2O2S. The number of nitrogens with two attached hydrogens (primary N) is 1. The van der Waals surface area contributed by atoms with Crippen LogP contribution >= 0.6 is 12.2 Å². The first-order chi connectivity index (χ1) is 9.34. The molecule has 0 aromatic heterocycles. The fourth-order valence-corrected chi connectivity index (χ4v) is 3.77. The van der Waals surface area contributed by atoms with Crippen molar-refractivity contribution in [3.05, 3.63) is 0 Å². The minimum Gasteiger partial charge on any atom is -0.392 e. The first-order valence-electron chi connectivity index (χ1n) is 7.57. The third kappa shape index (κ3) is 2.46. The van der Waals surface area contributed by atoms with E-state index < -0.39 is 5.41 Å². The van der Waals surface area contributed by atoms with Crippen molar-refractivity contribution in [2.45, 2.75) is 65.0 Å². The van der Waals surface area contributed by atoms with Crippen molar-refractivity contribution in [1.82, 2.24) is 5.32 Å². The molecular weight excluding hydrogens is 272 g/mol. The van der Waals surface area contributed by atoms with E-state index in [2.05, 4.69) is 19.2 Å². The average molecular weight is 298 g/mol. The van der Waals surface area contributed by atoms with Crippen LogP contribution in [0.15, 0.2) is 0 Å². The lowest BCUT2D eigenvalue weighted by atomic mass is 9.64. The number of thiocarbonyl (C=S) groups is 1. The second kappa shape index (κ2) is 5.60. The number of hydrogen-bond acceptors (Lipinski definition) is 3. The molecule has 114 valence electrons. The molecule has 2 atom stereocenters. The van der Waals surface area contributed by atoms with E-state index in [0.29, 0.717) is 11.6 Å². The number of carbonyl (C=O) groups excluding carboxylic acids is 1. The SMILES string of the molecule is CCOC1CC(NC(=O)C2(C(N)=S)CCCC2)C1(C)C. The van der Waals surface area contributed by atoms with Crippen molar-refractivity contribution in [3.8, 4) is 0 Å². The average Bonchev–Trinajstić information content (AvgIpc) is 2.88. The van der Waals surface area contributed by atoms with Crippen LogP contribution in [-0.2, 0) is 9.53 Å². The first-order valence-corrected chi connectivity index (χ1v) is 7.98. The highest BCUT2D eigenvalue weighted by Crippen LogP contribution is 2.44. The van der Waals surface area contributed by atoms with Crippen LogP contribution in [0.1, 0.15) is 52.9 Å². The molecule has 0 heterocycles.